The second-order valence-electron chi connectivity index (χ2n) is 6.58. The van der Waals surface area contributed by atoms with Gasteiger partial charge in [-0.1, -0.05) is 76.6 Å². The van der Waals surface area contributed by atoms with E-state index in [1.165, 1.54) is 16.9 Å². The fraction of sp³-hybridized carbons (Fsp3) is 0.0833. The fourth-order valence-corrected chi connectivity index (χ4v) is 4.17. The number of aromatic nitrogens is 1. The number of rotatable bonds is 6. The number of carbonyl (C=O) groups excluding carboxylic acids is 1. The van der Waals surface area contributed by atoms with Crippen LogP contribution in [0.2, 0.25) is 0 Å². The summed E-state index contributed by atoms with van der Waals surface area (Å²) in [5, 5.41) is 2.72. The largest absolute Gasteiger partial charge is 0.284 e. The first-order valence-corrected chi connectivity index (χ1v) is 11.0. The third-order valence-electron chi connectivity index (χ3n) is 4.60. The van der Waals surface area contributed by atoms with Crippen LogP contribution < -0.4 is 4.90 Å². The fourth-order valence-electron chi connectivity index (χ4n) is 3.05. The van der Waals surface area contributed by atoms with Crippen molar-refractivity contribution in [3.05, 3.63) is 106 Å². The lowest BCUT2D eigenvalue weighted by atomic mass is 10.1. The molecule has 144 valence electrons. The van der Waals surface area contributed by atoms with Gasteiger partial charge in [0.05, 0.1) is 5.69 Å². The molecule has 0 aliphatic carbocycles. The zero-order valence-corrected chi connectivity index (χ0v) is 18.1. The Bertz CT molecular complexity index is 1080. The molecule has 0 aliphatic rings. The van der Waals surface area contributed by atoms with Gasteiger partial charge in [-0.25, -0.2) is 4.98 Å². The third-order valence-corrected chi connectivity index (χ3v) is 5.99. The Morgan fingerprint density at radius 2 is 1.55 bits per heavy atom. The van der Waals surface area contributed by atoms with E-state index in [2.05, 4.69) is 28.1 Å². The summed E-state index contributed by atoms with van der Waals surface area (Å²) in [4.78, 5) is 19.9. The average Bonchev–Trinajstić information content (AvgIpc) is 3.26. The van der Waals surface area contributed by atoms with E-state index >= 15 is 0 Å². The molecule has 0 saturated carbocycles. The second-order valence-corrected chi connectivity index (χ2v) is 8.33. The molecule has 29 heavy (non-hydrogen) atoms. The van der Waals surface area contributed by atoms with Crippen molar-refractivity contribution >= 4 is 38.3 Å². The zero-order chi connectivity index (χ0) is 20.1. The Morgan fingerprint density at radius 3 is 2.24 bits per heavy atom. The topological polar surface area (TPSA) is 33.2 Å². The van der Waals surface area contributed by atoms with Gasteiger partial charge < -0.3 is 0 Å². The predicted molar refractivity (Wildman–Crippen MR) is 124 cm³/mol. The molecule has 1 aromatic heterocycles. The van der Waals surface area contributed by atoms with Crippen LogP contribution in [0.4, 0.5) is 5.13 Å². The lowest BCUT2D eigenvalue weighted by Crippen LogP contribution is -2.32. The van der Waals surface area contributed by atoms with Crippen LogP contribution in [0.3, 0.4) is 0 Å². The molecule has 0 N–H and O–H groups in total. The van der Waals surface area contributed by atoms with Gasteiger partial charge in [0, 0.05) is 27.5 Å². The smallest absolute Gasteiger partial charge is 0.260 e. The quantitative estimate of drug-likeness (QED) is 0.329. The number of amides is 1. The SMILES string of the molecule is O=C(c1ccc(Br)cc1)N(CCc1ccccc1)c1nc(-c2ccccc2)cs1. The molecule has 0 aliphatic heterocycles. The number of anilines is 1. The molecule has 0 bridgehead atoms. The predicted octanol–water partition coefficient (Wildman–Crippen LogP) is 6.46. The summed E-state index contributed by atoms with van der Waals surface area (Å²) in [7, 11) is 0. The van der Waals surface area contributed by atoms with Gasteiger partial charge >= 0.3 is 0 Å². The highest BCUT2D eigenvalue weighted by Crippen LogP contribution is 2.29. The van der Waals surface area contributed by atoms with E-state index in [4.69, 9.17) is 4.98 Å². The molecule has 4 aromatic rings. The minimum Gasteiger partial charge on any atom is -0.284 e. The molecule has 0 radical (unpaired) electrons. The first-order chi connectivity index (χ1) is 14.2. The van der Waals surface area contributed by atoms with Crippen LogP contribution >= 0.6 is 27.3 Å². The highest BCUT2D eigenvalue weighted by atomic mass is 79.9. The van der Waals surface area contributed by atoms with Crippen molar-refractivity contribution < 1.29 is 4.79 Å². The summed E-state index contributed by atoms with van der Waals surface area (Å²) < 4.78 is 0.950. The standard InChI is InChI=1S/C24H19BrN2OS/c25-21-13-11-20(12-14-21)23(28)27(16-15-18-7-3-1-4-8-18)24-26-22(17-29-24)19-9-5-2-6-10-19/h1-14,17H,15-16H2. The van der Waals surface area contributed by atoms with Crippen molar-refractivity contribution in [1.29, 1.82) is 0 Å². The molecule has 3 aromatic carbocycles. The Labute approximate surface area is 182 Å². The van der Waals surface area contributed by atoms with E-state index in [0.717, 1.165) is 22.2 Å². The Kier molecular flexibility index (Phi) is 6.17. The van der Waals surface area contributed by atoms with E-state index in [-0.39, 0.29) is 5.91 Å². The molecule has 1 heterocycles. The number of nitrogens with zero attached hydrogens (tertiary/aromatic N) is 2. The zero-order valence-electron chi connectivity index (χ0n) is 15.7. The first-order valence-electron chi connectivity index (χ1n) is 9.33. The minimum absolute atomic E-state index is 0.0395. The molecule has 0 unspecified atom stereocenters. The molecule has 0 fully saturated rings. The van der Waals surface area contributed by atoms with Crippen LogP contribution in [-0.2, 0) is 6.42 Å². The maximum absolute atomic E-state index is 13.3. The van der Waals surface area contributed by atoms with Gasteiger partial charge in [0.1, 0.15) is 0 Å². The third kappa shape index (κ3) is 4.81. The lowest BCUT2D eigenvalue weighted by molar-refractivity contribution is 0.0987. The van der Waals surface area contributed by atoms with Crippen LogP contribution in [0, 0.1) is 0 Å². The van der Waals surface area contributed by atoms with Crippen LogP contribution in [0.25, 0.3) is 11.3 Å². The van der Waals surface area contributed by atoms with Gasteiger partial charge in [0.2, 0.25) is 0 Å². The summed E-state index contributed by atoms with van der Waals surface area (Å²) in [6.07, 6.45) is 0.767. The van der Waals surface area contributed by atoms with Crippen LogP contribution in [-0.4, -0.2) is 17.4 Å². The maximum Gasteiger partial charge on any atom is 0.260 e. The minimum atomic E-state index is -0.0395. The van der Waals surface area contributed by atoms with Crippen molar-refractivity contribution in [3.8, 4) is 11.3 Å². The van der Waals surface area contributed by atoms with Crippen LogP contribution in [0.5, 0.6) is 0 Å². The summed E-state index contributed by atoms with van der Waals surface area (Å²) in [6.45, 7) is 0.570. The van der Waals surface area contributed by atoms with Crippen molar-refractivity contribution in [3.63, 3.8) is 0 Å². The van der Waals surface area contributed by atoms with Gasteiger partial charge in [-0.2, -0.15) is 0 Å². The van der Waals surface area contributed by atoms with E-state index in [0.29, 0.717) is 17.2 Å². The van der Waals surface area contributed by atoms with Gasteiger partial charge in [-0.15, -0.1) is 11.3 Å². The average molecular weight is 463 g/mol. The van der Waals surface area contributed by atoms with Crippen molar-refractivity contribution in [2.45, 2.75) is 6.42 Å². The van der Waals surface area contributed by atoms with Crippen molar-refractivity contribution in [2.24, 2.45) is 0 Å². The molecule has 0 spiro atoms. The van der Waals surface area contributed by atoms with Gasteiger partial charge in [0.15, 0.2) is 5.13 Å². The summed E-state index contributed by atoms with van der Waals surface area (Å²) in [5.41, 5.74) is 3.78. The highest BCUT2D eigenvalue weighted by Gasteiger charge is 2.21. The number of benzene rings is 3. The van der Waals surface area contributed by atoms with Crippen LogP contribution in [0.1, 0.15) is 15.9 Å². The molecule has 0 atom stereocenters. The summed E-state index contributed by atoms with van der Waals surface area (Å²) in [5.74, 6) is -0.0395. The summed E-state index contributed by atoms with van der Waals surface area (Å²) in [6, 6.07) is 27.7. The number of hydrogen-bond acceptors (Lipinski definition) is 3. The second kappa shape index (κ2) is 9.16. The Morgan fingerprint density at radius 1 is 0.897 bits per heavy atom. The normalized spacial score (nSPS) is 10.7. The van der Waals surface area contributed by atoms with E-state index in [1.807, 2.05) is 78.2 Å². The number of hydrogen-bond donors (Lipinski definition) is 0. The molecule has 1 amide bonds. The van der Waals surface area contributed by atoms with E-state index < -0.39 is 0 Å². The first kappa shape index (κ1) is 19.6. The van der Waals surface area contributed by atoms with E-state index in [9.17, 15) is 4.79 Å². The molecule has 3 nitrogen and oxygen atoms in total. The lowest BCUT2D eigenvalue weighted by Gasteiger charge is -2.20. The van der Waals surface area contributed by atoms with Gasteiger partial charge in [-0.3, -0.25) is 9.69 Å². The maximum atomic E-state index is 13.3. The number of thiazole rings is 1. The van der Waals surface area contributed by atoms with Gasteiger partial charge in [-0.05, 0) is 36.2 Å². The number of halogens is 1. The van der Waals surface area contributed by atoms with Gasteiger partial charge in [0.25, 0.3) is 5.91 Å². The molecular weight excluding hydrogens is 444 g/mol. The molecule has 0 saturated heterocycles. The number of carbonyl (C=O) groups is 1. The van der Waals surface area contributed by atoms with Crippen molar-refractivity contribution in [2.75, 3.05) is 11.4 Å². The highest BCUT2D eigenvalue weighted by molar-refractivity contribution is 9.10. The van der Waals surface area contributed by atoms with Crippen LogP contribution in [0.15, 0.2) is 94.8 Å². The molecular formula is C24H19BrN2OS. The molecule has 4 rings (SSSR count). The summed E-state index contributed by atoms with van der Waals surface area (Å²) >= 11 is 4.93. The monoisotopic (exact) mass is 462 g/mol. The Hall–Kier alpha value is -2.76. The Balaban J connectivity index is 1.63. The van der Waals surface area contributed by atoms with Crippen molar-refractivity contribution in [1.82, 2.24) is 4.98 Å². The molecule has 5 heteroatoms. The van der Waals surface area contributed by atoms with E-state index in [1.54, 1.807) is 4.90 Å².